The van der Waals surface area contributed by atoms with Gasteiger partial charge in [0.1, 0.15) is 23.8 Å². The summed E-state index contributed by atoms with van der Waals surface area (Å²) < 4.78 is 16.4. The number of fused-ring (bicyclic) bond motifs is 6. The number of rotatable bonds is 5. The molecule has 0 saturated heterocycles. The van der Waals surface area contributed by atoms with Crippen molar-refractivity contribution in [2.45, 2.75) is 38.8 Å². The molecule has 52 heavy (non-hydrogen) atoms. The molecule has 0 bridgehead atoms. The third kappa shape index (κ3) is 4.89. The molecule has 0 radical (unpaired) electrons. The molecule has 0 saturated carbocycles. The molecule has 8 heteroatoms. The zero-order valence-electron chi connectivity index (χ0n) is 29.5. The highest BCUT2D eigenvalue weighted by atomic mass is 16.5. The van der Waals surface area contributed by atoms with Crippen LogP contribution >= 0.6 is 0 Å². The highest BCUT2D eigenvalue weighted by molar-refractivity contribution is 6.12. The van der Waals surface area contributed by atoms with Crippen molar-refractivity contribution in [1.29, 1.82) is 0 Å². The minimum Gasteiger partial charge on any atom is -0.475 e. The van der Waals surface area contributed by atoms with Crippen molar-refractivity contribution in [2.75, 3.05) is 13.2 Å². The van der Waals surface area contributed by atoms with E-state index in [9.17, 15) is 0 Å². The van der Waals surface area contributed by atoms with Crippen LogP contribution in [-0.4, -0.2) is 55.2 Å². The summed E-state index contributed by atoms with van der Waals surface area (Å²) in [7, 11) is 0. The van der Waals surface area contributed by atoms with Crippen molar-refractivity contribution >= 4 is 55.4 Å². The summed E-state index contributed by atoms with van der Waals surface area (Å²) in [5.74, 6) is 3.01. The van der Waals surface area contributed by atoms with Gasteiger partial charge in [-0.2, -0.15) is 0 Å². The first-order chi connectivity index (χ1) is 25.2. The lowest BCUT2D eigenvalue weighted by Crippen LogP contribution is -2.24. The van der Waals surface area contributed by atoms with Crippen LogP contribution in [0.15, 0.2) is 132 Å². The largest absolute Gasteiger partial charge is 0.475 e. The summed E-state index contributed by atoms with van der Waals surface area (Å²) in [5, 5.41) is 4.71. The highest BCUT2D eigenvalue weighted by Gasteiger charge is 2.29. The van der Waals surface area contributed by atoms with Crippen molar-refractivity contribution in [1.82, 2.24) is 19.1 Å². The van der Waals surface area contributed by atoms with Crippen LogP contribution in [0.25, 0.3) is 66.4 Å². The summed E-state index contributed by atoms with van der Waals surface area (Å²) in [6, 6.07) is 38.7. The molecule has 0 fully saturated rings. The maximum atomic E-state index is 6.05. The molecule has 0 atom stereocenters. The number of aliphatic imine (C=N–C) groups is 2. The molecule has 8 aromatic rings. The third-order valence-corrected chi connectivity index (χ3v) is 10.1. The van der Waals surface area contributed by atoms with E-state index < -0.39 is 0 Å². The first-order valence-electron chi connectivity index (χ1n) is 17.7. The number of para-hydroxylation sites is 2. The molecule has 0 aliphatic carbocycles. The molecule has 6 heterocycles. The Morgan fingerprint density at radius 2 is 1.04 bits per heavy atom. The monoisotopic (exact) mass is 680 g/mol. The summed E-state index contributed by atoms with van der Waals surface area (Å²) in [5.41, 5.74) is 8.00. The van der Waals surface area contributed by atoms with Gasteiger partial charge in [-0.05, 0) is 99.5 Å². The first-order valence-corrected chi connectivity index (χ1v) is 17.7. The molecule has 0 amide bonds. The number of hydrogen-bond donors (Lipinski definition) is 0. The van der Waals surface area contributed by atoms with Crippen molar-refractivity contribution in [3.05, 3.63) is 133 Å². The Kier molecular flexibility index (Phi) is 6.52. The van der Waals surface area contributed by atoms with Gasteiger partial charge < -0.3 is 9.47 Å². The van der Waals surface area contributed by atoms with E-state index in [-0.39, 0.29) is 11.1 Å². The van der Waals surface area contributed by atoms with E-state index in [1.165, 1.54) is 21.5 Å². The predicted molar refractivity (Wildman–Crippen MR) is 209 cm³/mol. The first kappa shape index (κ1) is 30.5. The Morgan fingerprint density at radius 1 is 0.538 bits per heavy atom. The second kappa shape index (κ2) is 11.1. The van der Waals surface area contributed by atoms with Crippen LogP contribution in [-0.2, 0) is 9.47 Å². The van der Waals surface area contributed by atoms with Crippen LogP contribution in [0.4, 0.5) is 0 Å². The average molecular weight is 681 g/mol. The second-order valence-corrected chi connectivity index (χ2v) is 15.0. The summed E-state index contributed by atoms with van der Waals surface area (Å²) in [6.45, 7) is 9.47. The fourth-order valence-corrected chi connectivity index (χ4v) is 7.56. The number of hydrogen-bond acceptors (Lipinski definition) is 6. The standard InChI is InChI=1S/C44H36N6O2/c1-43(2)26-51-42(48-43)30-16-20-40(46-24-30)50-36-12-8-6-10-32(36)34-22-28(14-18-38(34)50)27-13-17-37-33(21-27)31-9-5-7-11-35(31)49(37)39-19-15-29(23-45-39)41-47-25-44(3,4)52-41/h5-24H,25-26H2,1-4H3. The number of nitrogens with zero attached hydrogens (tertiary/aromatic N) is 6. The Morgan fingerprint density at radius 3 is 1.50 bits per heavy atom. The lowest BCUT2D eigenvalue weighted by molar-refractivity contribution is 0.131. The number of aromatic nitrogens is 4. The minimum absolute atomic E-state index is 0.220. The quantitative estimate of drug-likeness (QED) is 0.181. The minimum atomic E-state index is -0.289. The predicted octanol–water partition coefficient (Wildman–Crippen LogP) is 9.45. The number of ether oxygens (including phenoxy) is 2. The average Bonchev–Trinajstić information content (AvgIpc) is 3.91. The maximum absolute atomic E-state index is 6.05. The SMILES string of the molecule is CC1(C)COC(c2ccc(-n3c4ccccc4c4cc(-c5ccc6c(c5)c5ccccc5n6-c5ccc(C6=NCC(C)(C)O6)cn5)ccc43)nc2)=N1. The lowest BCUT2D eigenvalue weighted by Gasteiger charge is -2.17. The molecule has 10 rings (SSSR count). The fourth-order valence-electron chi connectivity index (χ4n) is 7.56. The van der Waals surface area contributed by atoms with Crippen LogP contribution in [0, 0.1) is 0 Å². The van der Waals surface area contributed by atoms with Crippen LogP contribution < -0.4 is 0 Å². The Balaban J connectivity index is 1.05. The smallest absolute Gasteiger partial charge is 0.218 e. The van der Waals surface area contributed by atoms with Gasteiger partial charge in [0.05, 0.1) is 45.3 Å². The molecule has 4 aromatic heterocycles. The van der Waals surface area contributed by atoms with E-state index in [4.69, 9.17) is 24.4 Å². The third-order valence-electron chi connectivity index (χ3n) is 10.1. The molecular formula is C44H36N6O2. The van der Waals surface area contributed by atoms with Gasteiger partial charge in [-0.25, -0.2) is 20.0 Å². The van der Waals surface area contributed by atoms with Crippen molar-refractivity contribution in [3.63, 3.8) is 0 Å². The van der Waals surface area contributed by atoms with Gasteiger partial charge in [0.25, 0.3) is 0 Å². The van der Waals surface area contributed by atoms with Crippen LogP contribution in [0.1, 0.15) is 38.8 Å². The van der Waals surface area contributed by atoms with Gasteiger partial charge >= 0.3 is 0 Å². The van der Waals surface area contributed by atoms with Crippen molar-refractivity contribution in [2.24, 2.45) is 9.98 Å². The van der Waals surface area contributed by atoms with Crippen LogP contribution in [0.5, 0.6) is 0 Å². The van der Waals surface area contributed by atoms with Gasteiger partial charge in [0.15, 0.2) is 0 Å². The molecule has 2 aliphatic heterocycles. The zero-order chi connectivity index (χ0) is 35.2. The van der Waals surface area contributed by atoms with E-state index in [1.807, 2.05) is 24.5 Å². The maximum Gasteiger partial charge on any atom is 0.218 e. The van der Waals surface area contributed by atoms with E-state index >= 15 is 0 Å². The summed E-state index contributed by atoms with van der Waals surface area (Å²) in [6.07, 6.45) is 3.72. The molecule has 4 aromatic carbocycles. The van der Waals surface area contributed by atoms with Gasteiger partial charge in [-0.3, -0.25) is 9.13 Å². The van der Waals surface area contributed by atoms with Gasteiger partial charge in [-0.15, -0.1) is 0 Å². The molecule has 0 unspecified atom stereocenters. The van der Waals surface area contributed by atoms with Crippen molar-refractivity contribution < 1.29 is 9.47 Å². The topological polar surface area (TPSA) is 78.8 Å². The summed E-state index contributed by atoms with van der Waals surface area (Å²) in [4.78, 5) is 19.1. The Hall–Kier alpha value is -6.28. The molecule has 8 nitrogen and oxygen atoms in total. The van der Waals surface area contributed by atoms with E-state index in [1.54, 1.807) is 0 Å². The van der Waals surface area contributed by atoms with E-state index in [0.29, 0.717) is 24.9 Å². The number of benzene rings is 4. The number of pyridine rings is 2. The second-order valence-electron chi connectivity index (χ2n) is 15.0. The van der Waals surface area contributed by atoms with E-state index in [0.717, 1.165) is 56.0 Å². The summed E-state index contributed by atoms with van der Waals surface area (Å²) >= 11 is 0. The lowest BCUT2D eigenvalue weighted by atomic mass is 10.0. The molecule has 0 spiro atoms. The normalized spacial score (nSPS) is 16.4. The van der Waals surface area contributed by atoms with Crippen molar-refractivity contribution in [3.8, 4) is 22.8 Å². The molecule has 0 N–H and O–H groups in total. The Bertz CT molecular complexity index is 2790. The highest BCUT2D eigenvalue weighted by Crippen LogP contribution is 2.38. The van der Waals surface area contributed by atoms with Crippen LogP contribution in [0.3, 0.4) is 0 Å². The van der Waals surface area contributed by atoms with Crippen LogP contribution in [0.2, 0.25) is 0 Å². The molecule has 2 aliphatic rings. The molecular weight excluding hydrogens is 645 g/mol. The Labute approximate surface area is 300 Å². The molecule has 254 valence electrons. The van der Waals surface area contributed by atoms with Gasteiger partial charge in [0.2, 0.25) is 11.8 Å². The van der Waals surface area contributed by atoms with Gasteiger partial charge in [0, 0.05) is 33.9 Å². The van der Waals surface area contributed by atoms with E-state index in [2.05, 4.69) is 139 Å². The van der Waals surface area contributed by atoms with Gasteiger partial charge in [-0.1, -0.05) is 48.5 Å². The fraction of sp³-hybridized carbons (Fsp3) is 0.182. The zero-order valence-corrected chi connectivity index (χ0v) is 29.5.